The first-order chi connectivity index (χ1) is 13.0. The molecule has 142 valence electrons. The highest BCUT2D eigenvalue weighted by molar-refractivity contribution is 7.17. The molecule has 2 aromatic rings. The normalized spacial score (nSPS) is 19.2. The number of benzene rings is 1. The van der Waals surface area contributed by atoms with Crippen LogP contribution < -0.4 is 4.90 Å². The third-order valence-electron chi connectivity index (χ3n) is 5.09. The van der Waals surface area contributed by atoms with Gasteiger partial charge >= 0.3 is 5.97 Å². The number of fused-ring (bicyclic) bond motifs is 1. The number of anilines is 1. The maximum Gasteiger partial charge on any atom is 0.347 e. The van der Waals surface area contributed by atoms with Crippen LogP contribution in [-0.4, -0.2) is 42.4 Å². The number of carboxylic acids is 1. The Morgan fingerprint density at radius 1 is 1.41 bits per heavy atom. The maximum atomic E-state index is 15.2. The van der Waals surface area contributed by atoms with Gasteiger partial charge in [0.1, 0.15) is 10.7 Å². The largest absolute Gasteiger partial charge is 0.477 e. The number of carboxylic acid groups (broad SMARTS) is 1. The molecule has 0 spiro atoms. The summed E-state index contributed by atoms with van der Waals surface area (Å²) >= 11 is 1.15. The first kappa shape index (κ1) is 18.1. The minimum absolute atomic E-state index is 0.114. The van der Waals surface area contributed by atoms with E-state index in [2.05, 4.69) is 11.1 Å². The predicted molar refractivity (Wildman–Crippen MR) is 103 cm³/mol. The van der Waals surface area contributed by atoms with E-state index in [-0.39, 0.29) is 23.0 Å². The van der Waals surface area contributed by atoms with Crippen molar-refractivity contribution in [3.63, 3.8) is 0 Å². The minimum atomic E-state index is -1.02. The van der Waals surface area contributed by atoms with Crippen molar-refractivity contribution in [2.24, 2.45) is 0 Å². The molecule has 1 aliphatic heterocycles. The van der Waals surface area contributed by atoms with E-state index in [4.69, 9.17) is 4.74 Å². The van der Waals surface area contributed by atoms with E-state index in [1.54, 1.807) is 6.07 Å². The van der Waals surface area contributed by atoms with Gasteiger partial charge in [0.25, 0.3) is 0 Å². The second kappa shape index (κ2) is 7.40. The maximum absolute atomic E-state index is 15.2. The number of aromatic nitrogens is 1. The summed E-state index contributed by atoms with van der Waals surface area (Å²) in [6.45, 7) is 4.58. The lowest BCUT2D eigenvalue weighted by atomic mass is 9.86. The van der Waals surface area contributed by atoms with Crippen LogP contribution in [0.25, 0.3) is 6.08 Å². The fourth-order valence-corrected chi connectivity index (χ4v) is 4.62. The van der Waals surface area contributed by atoms with E-state index in [0.717, 1.165) is 28.9 Å². The van der Waals surface area contributed by atoms with E-state index in [0.29, 0.717) is 42.7 Å². The van der Waals surface area contributed by atoms with Gasteiger partial charge in [-0.25, -0.2) is 14.2 Å². The zero-order valence-electron chi connectivity index (χ0n) is 15.1. The van der Waals surface area contributed by atoms with E-state index in [1.165, 1.54) is 0 Å². The summed E-state index contributed by atoms with van der Waals surface area (Å²) in [5.74, 6) is -1.14. The standard InChI is InChI=1S/C20H21FN2O3S/c1-12-3-2-4-13-5-6-14(17(21)16(12)13)11-15-18(19(24)25)27-20(22-15)23-7-9-26-10-8-23/h2,4-6,12H,3,7-11H2,1H3,(H,24,25). The van der Waals surface area contributed by atoms with Gasteiger partial charge in [-0.05, 0) is 29.0 Å². The van der Waals surface area contributed by atoms with Crippen LogP contribution in [0.15, 0.2) is 18.2 Å². The van der Waals surface area contributed by atoms with Crippen LogP contribution in [0.3, 0.4) is 0 Å². The zero-order chi connectivity index (χ0) is 19.0. The van der Waals surface area contributed by atoms with E-state index >= 15 is 4.39 Å². The number of hydrogen-bond donors (Lipinski definition) is 1. The average molecular weight is 388 g/mol. The van der Waals surface area contributed by atoms with Crippen molar-refractivity contribution in [3.8, 4) is 0 Å². The highest BCUT2D eigenvalue weighted by Crippen LogP contribution is 2.35. The Morgan fingerprint density at radius 3 is 2.93 bits per heavy atom. The highest BCUT2D eigenvalue weighted by atomic mass is 32.1. The van der Waals surface area contributed by atoms with Crippen LogP contribution in [-0.2, 0) is 11.2 Å². The lowest BCUT2D eigenvalue weighted by Gasteiger charge is -2.26. The molecule has 1 fully saturated rings. The van der Waals surface area contributed by atoms with Crippen LogP contribution in [0, 0.1) is 5.82 Å². The van der Waals surface area contributed by atoms with E-state index < -0.39 is 5.97 Å². The van der Waals surface area contributed by atoms with Crippen molar-refractivity contribution in [1.29, 1.82) is 0 Å². The van der Waals surface area contributed by atoms with Gasteiger partial charge in [-0.1, -0.05) is 42.5 Å². The molecule has 0 radical (unpaired) electrons. The molecule has 4 rings (SSSR count). The van der Waals surface area contributed by atoms with Crippen LogP contribution in [0.2, 0.25) is 0 Å². The highest BCUT2D eigenvalue weighted by Gasteiger charge is 2.25. The average Bonchev–Trinajstić information content (AvgIpc) is 3.09. The lowest BCUT2D eigenvalue weighted by Crippen LogP contribution is -2.36. The number of thiazole rings is 1. The fraction of sp³-hybridized carbons (Fsp3) is 0.400. The number of nitrogens with zero attached hydrogens (tertiary/aromatic N) is 2. The van der Waals surface area contributed by atoms with Crippen molar-refractivity contribution >= 4 is 28.5 Å². The van der Waals surface area contributed by atoms with Gasteiger partial charge in [0.2, 0.25) is 0 Å². The molecular weight excluding hydrogens is 367 g/mol. The number of halogens is 1. The van der Waals surface area contributed by atoms with Gasteiger partial charge in [-0.2, -0.15) is 0 Å². The topological polar surface area (TPSA) is 62.7 Å². The molecule has 1 aliphatic carbocycles. The number of rotatable bonds is 4. The molecule has 2 heterocycles. The predicted octanol–water partition coefficient (Wildman–Crippen LogP) is 3.93. The van der Waals surface area contributed by atoms with Crippen molar-refractivity contribution in [2.45, 2.75) is 25.7 Å². The number of carbonyl (C=O) groups is 1. The Kier molecular flexibility index (Phi) is 4.97. The number of aromatic carboxylic acids is 1. The third-order valence-corrected chi connectivity index (χ3v) is 6.24. The van der Waals surface area contributed by atoms with Gasteiger partial charge in [0, 0.05) is 19.5 Å². The lowest BCUT2D eigenvalue weighted by molar-refractivity contribution is 0.0701. The van der Waals surface area contributed by atoms with Gasteiger partial charge in [-0.3, -0.25) is 0 Å². The number of ether oxygens (including phenoxy) is 1. The molecule has 0 bridgehead atoms. The number of hydrogen-bond acceptors (Lipinski definition) is 5. The molecule has 0 amide bonds. The quantitative estimate of drug-likeness (QED) is 0.860. The Balaban J connectivity index is 1.68. The molecule has 7 heteroatoms. The van der Waals surface area contributed by atoms with Crippen LogP contribution in [0.5, 0.6) is 0 Å². The van der Waals surface area contributed by atoms with Crippen molar-refractivity contribution in [3.05, 3.63) is 51.3 Å². The first-order valence-corrected chi connectivity index (χ1v) is 9.89. The second-order valence-corrected chi connectivity index (χ2v) is 7.91. The Bertz CT molecular complexity index is 903. The summed E-state index contributed by atoms with van der Waals surface area (Å²) < 4.78 is 20.5. The summed E-state index contributed by atoms with van der Waals surface area (Å²) in [5.41, 5.74) is 2.54. The number of allylic oxidation sites excluding steroid dienone is 1. The molecule has 2 aliphatic rings. The molecule has 1 atom stereocenters. The fourth-order valence-electron chi connectivity index (χ4n) is 3.65. The molecule has 1 aromatic carbocycles. The molecule has 1 unspecified atom stereocenters. The smallest absolute Gasteiger partial charge is 0.347 e. The summed E-state index contributed by atoms with van der Waals surface area (Å²) in [6, 6.07) is 3.66. The van der Waals surface area contributed by atoms with Gasteiger partial charge in [0.15, 0.2) is 5.13 Å². The van der Waals surface area contributed by atoms with Crippen molar-refractivity contribution < 1.29 is 19.0 Å². The Labute approximate surface area is 161 Å². The van der Waals surface area contributed by atoms with Crippen LogP contribution >= 0.6 is 11.3 Å². The van der Waals surface area contributed by atoms with Crippen molar-refractivity contribution in [2.75, 3.05) is 31.2 Å². The third kappa shape index (κ3) is 3.49. The van der Waals surface area contributed by atoms with Crippen molar-refractivity contribution in [1.82, 2.24) is 4.98 Å². The summed E-state index contributed by atoms with van der Waals surface area (Å²) in [5, 5.41) is 10.3. The van der Waals surface area contributed by atoms with Crippen LogP contribution in [0.1, 0.15) is 51.3 Å². The molecule has 1 saturated heterocycles. The van der Waals surface area contributed by atoms with Gasteiger partial charge in [-0.15, -0.1) is 0 Å². The molecule has 27 heavy (non-hydrogen) atoms. The molecular formula is C20H21FN2O3S. The molecule has 0 saturated carbocycles. The second-order valence-electron chi connectivity index (χ2n) is 6.93. The molecule has 1 N–H and O–H groups in total. The number of morpholine rings is 1. The monoisotopic (exact) mass is 388 g/mol. The minimum Gasteiger partial charge on any atom is -0.477 e. The molecule has 1 aromatic heterocycles. The summed E-state index contributed by atoms with van der Waals surface area (Å²) in [4.78, 5) is 18.5. The summed E-state index contributed by atoms with van der Waals surface area (Å²) in [7, 11) is 0. The molecule has 5 nitrogen and oxygen atoms in total. The Morgan fingerprint density at radius 2 is 2.19 bits per heavy atom. The first-order valence-electron chi connectivity index (χ1n) is 9.08. The van der Waals surface area contributed by atoms with Gasteiger partial charge in [0.05, 0.1) is 18.9 Å². The Hall–Kier alpha value is -2.25. The SMILES string of the molecule is CC1CC=Cc2ccc(Cc3nc(N4CCOCC4)sc3C(=O)O)c(F)c21. The van der Waals surface area contributed by atoms with E-state index in [9.17, 15) is 9.90 Å². The summed E-state index contributed by atoms with van der Waals surface area (Å²) in [6.07, 6.45) is 5.00. The van der Waals surface area contributed by atoms with Crippen LogP contribution in [0.4, 0.5) is 9.52 Å². The van der Waals surface area contributed by atoms with E-state index in [1.807, 2.05) is 24.0 Å². The van der Waals surface area contributed by atoms with Gasteiger partial charge < -0.3 is 14.7 Å². The zero-order valence-corrected chi connectivity index (χ0v) is 15.9.